The van der Waals surface area contributed by atoms with Crippen LogP contribution in [0.2, 0.25) is 0 Å². The Bertz CT molecular complexity index is 861. The number of hydrogen-bond acceptors (Lipinski definition) is 6. The van der Waals surface area contributed by atoms with Crippen LogP contribution in [0, 0.1) is 0 Å². The van der Waals surface area contributed by atoms with E-state index in [-0.39, 0.29) is 30.0 Å². The van der Waals surface area contributed by atoms with Gasteiger partial charge in [0.2, 0.25) is 5.91 Å². The van der Waals surface area contributed by atoms with Crippen molar-refractivity contribution in [3.63, 3.8) is 0 Å². The van der Waals surface area contributed by atoms with Crippen molar-refractivity contribution in [1.29, 1.82) is 0 Å². The van der Waals surface area contributed by atoms with Gasteiger partial charge in [0.15, 0.2) is 5.13 Å². The summed E-state index contributed by atoms with van der Waals surface area (Å²) in [4.78, 5) is 41.6. The zero-order valence-corrected chi connectivity index (χ0v) is 15.3. The molecule has 1 aliphatic rings. The molecule has 3 rings (SSSR count). The van der Waals surface area contributed by atoms with Gasteiger partial charge in [-0.1, -0.05) is 42.5 Å². The molecule has 1 saturated heterocycles. The molecule has 0 aliphatic carbocycles. The lowest BCUT2D eigenvalue weighted by atomic mass is 10.2. The van der Waals surface area contributed by atoms with Gasteiger partial charge in [0.1, 0.15) is 0 Å². The number of imide groups is 1. The first kappa shape index (κ1) is 18.1. The average molecular weight is 385 g/mol. The van der Waals surface area contributed by atoms with Crippen molar-refractivity contribution in [2.45, 2.75) is 6.42 Å². The smallest absolute Gasteiger partial charge is 0.293 e. The van der Waals surface area contributed by atoms with Gasteiger partial charge >= 0.3 is 0 Å². The molecule has 2 aromatic rings. The molecule has 26 heavy (non-hydrogen) atoms. The number of nitrogens with one attached hydrogen (secondary N) is 1. The Hall–Kier alpha value is -2.71. The molecule has 8 heteroatoms. The third-order valence-electron chi connectivity index (χ3n) is 3.45. The van der Waals surface area contributed by atoms with Crippen molar-refractivity contribution in [2.24, 2.45) is 0 Å². The predicted octanol–water partition coefficient (Wildman–Crippen LogP) is 3.76. The number of thioether (sulfide) groups is 1. The SMILES string of the molecule is O=C(CCN1C(=O)SC(=CC=Cc2ccccc2)C1=O)Nc1nccs1. The third kappa shape index (κ3) is 4.68. The van der Waals surface area contributed by atoms with Crippen LogP contribution < -0.4 is 5.32 Å². The first-order chi connectivity index (χ1) is 12.6. The highest BCUT2D eigenvalue weighted by molar-refractivity contribution is 8.18. The monoisotopic (exact) mass is 385 g/mol. The third-order valence-corrected chi connectivity index (χ3v) is 5.06. The minimum absolute atomic E-state index is 0.0325. The first-order valence-electron chi connectivity index (χ1n) is 7.80. The van der Waals surface area contributed by atoms with Gasteiger partial charge in [0, 0.05) is 24.5 Å². The van der Waals surface area contributed by atoms with Gasteiger partial charge in [-0.3, -0.25) is 19.3 Å². The van der Waals surface area contributed by atoms with Crippen LogP contribution in [-0.4, -0.2) is 33.5 Å². The molecule has 0 unspecified atom stereocenters. The molecule has 1 aromatic carbocycles. The highest BCUT2D eigenvalue weighted by Crippen LogP contribution is 2.30. The van der Waals surface area contributed by atoms with Crippen LogP contribution in [0.15, 0.2) is 59.0 Å². The summed E-state index contributed by atoms with van der Waals surface area (Å²) in [6.07, 6.45) is 6.83. The van der Waals surface area contributed by atoms with E-state index in [1.54, 1.807) is 23.7 Å². The van der Waals surface area contributed by atoms with Crippen molar-refractivity contribution in [1.82, 2.24) is 9.88 Å². The lowest BCUT2D eigenvalue weighted by Crippen LogP contribution is -2.31. The topological polar surface area (TPSA) is 79.4 Å². The van der Waals surface area contributed by atoms with Crippen LogP contribution >= 0.6 is 23.1 Å². The van der Waals surface area contributed by atoms with E-state index in [1.165, 1.54) is 11.3 Å². The molecule has 0 saturated carbocycles. The summed E-state index contributed by atoms with van der Waals surface area (Å²) in [5.74, 6) is -0.660. The van der Waals surface area contributed by atoms with E-state index in [9.17, 15) is 14.4 Å². The number of hydrogen-bond donors (Lipinski definition) is 1. The summed E-state index contributed by atoms with van der Waals surface area (Å²) in [5.41, 5.74) is 1.00. The second-order valence-electron chi connectivity index (χ2n) is 5.26. The van der Waals surface area contributed by atoms with E-state index >= 15 is 0 Å². The fraction of sp³-hybridized carbons (Fsp3) is 0.111. The Morgan fingerprint density at radius 2 is 2.04 bits per heavy atom. The molecule has 0 atom stereocenters. The summed E-state index contributed by atoms with van der Waals surface area (Å²) >= 11 is 2.19. The summed E-state index contributed by atoms with van der Waals surface area (Å²) in [6, 6.07) is 9.65. The lowest BCUT2D eigenvalue weighted by molar-refractivity contribution is -0.123. The van der Waals surface area contributed by atoms with E-state index in [4.69, 9.17) is 0 Å². The van der Waals surface area contributed by atoms with Crippen molar-refractivity contribution in [3.05, 3.63) is 64.5 Å². The number of rotatable bonds is 6. The van der Waals surface area contributed by atoms with Crippen molar-refractivity contribution >= 4 is 51.4 Å². The van der Waals surface area contributed by atoms with Crippen LogP contribution in [0.25, 0.3) is 6.08 Å². The Morgan fingerprint density at radius 3 is 2.77 bits per heavy atom. The zero-order chi connectivity index (χ0) is 18.4. The highest BCUT2D eigenvalue weighted by Gasteiger charge is 2.34. The number of amides is 3. The first-order valence-corrected chi connectivity index (χ1v) is 9.49. The number of allylic oxidation sites excluding steroid dienone is 2. The van der Waals surface area contributed by atoms with Crippen molar-refractivity contribution < 1.29 is 14.4 Å². The Morgan fingerprint density at radius 1 is 1.23 bits per heavy atom. The molecule has 3 amide bonds. The molecule has 132 valence electrons. The van der Waals surface area contributed by atoms with Crippen LogP contribution in [0.4, 0.5) is 9.93 Å². The number of anilines is 1. The molecule has 1 N–H and O–H groups in total. The van der Waals surface area contributed by atoms with Crippen LogP contribution in [0.1, 0.15) is 12.0 Å². The standard InChI is InChI=1S/C18H15N3O3S2/c22-15(20-17-19-10-12-25-17)9-11-21-16(23)14(26-18(21)24)8-4-7-13-5-2-1-3-6-13/h1-8,10,12H,9,11H2,(H,19,20,22). The maximum absolute atomic E-state index is 12.3. The van der Waals surface area contributed by atoms with E-state index in [2.05, 4.69) is 10.3 Å². The quantitative estimate of drug-likeness (QED) is 0.766. The molecule has 0 spiro atoms. The number of carbonyl (C=O) groups excluding carboxylic acids is 3. The largest absolute Gasteiger partial charge is 0.302 e. The Balaban J connectivity index is 1.55. The second-order valence-corrected chi connectivity index (χ2v) is 7.15. The van der Waals surface area contributed by atoms with Gasteiger partial charge in [-0.15, -0.1) is 11.3 Å². The normalized spacial score (nSPS) is 16.0. The second kappa shape index (κ2) is 8.59. The van der Waals surface area contributed by atoms with Crippen LogP contribution in [0.3, 0.4) is 0 Å². The number of aromatic nitrogens is 1. The van der Waals surface area contributed by atoms with E-state index in [0.717, 1.165) is 22.2 Å². The van der Waals surface area contributed by atoms with Crippen molar-refractivity contribution in [2.75, 3.05) is 11.9 Å². The number of thiazole rings is 1. The van der Waals surface area contributed by atoms with Gasteiger partial charge in [0.05, 0.1) is 4.91 Å². The molecule has 6 nitrogen and oxygen atoms in total. The Kier molecular flexibility index (Phi) is 5.98. The molecular weight excluding hydrogens is 370 g/mol. The molecule has 1 aliphatic heterocycles. The summed E-state index contributed by atoms with van der Waals surface area (Å²) in [5, 5.41) is 4.51. The molecule has 1 fully saturated rings. The maximum atomic E-state index is 12.3. The average Bonchev–Trinajstić information content (AvgIpc) is 3.23. The maximum Gasteiger partial charge on any atom is 0.293 e. The minimum atomic E-state index is -0.375. The van der Waals surface area contributed by atoms with E-state index in [0.29, 0.717) is 10.0 Å². The number of nitrogens with zero attached hydrogens (tertiary/aromatic N) is 2. The summed E-state index contributed by atoms with van der Waals surface area (Å²) in [7, 11) is 0. The van der Waals surface area contributed by atoms with Gasteiger partial charge < -0.3 is 5.32 Å². The van der Waals surface area contributed by atoms with Gasteiger partial charge in [0.25, 0.3) is 11.1 Å². The van der Waals surface area contributed by atoms with E-state index < -0.39 is 0 Å². The fourth-order valence-electron chi connectivity index (χ4n) is 2.20. The van der Waals surface area contributed by atoms with Gasteiger partial charge in [-0.25, -0.2) is 4.98 Å². The molecular formula is C18H15N3O3S2. The summed E-state index contributed by atoms with van der Waals surface area (Å²) in [6.45, 7) is 0.0433. The fourth-order valence-corrected chi connectivity index (χ4v) is 3.56. The molecule has 1 aromatic heterocycles. The highest BCUT2D eigenvalue weighted by atomic mass is 32.2. The molecule has 2 heterocycles. The predicted molar refractivity (Wildman–Crippen MR) is 104 cm³/mol. The van der Waals surface area contributed by atoms with Crippen molar-refractivity contribution in [3.8, 4) is 0 Å². The number of carbonyl (C=O) groups is 3. The molecule has 0 bridgehead atoms. The minimum Gasteiger partial charge on any atom is -0.302 e. The zero-order valence-electron chi connectivity index (χ0n) is 13.6. The van der Waals surface area contributed by atoms with Crippen LogP contribution in [-0.2, 0) is 9.59 Å². The lowest BCUT2D eigenvalue weighted by Gasteiger charge is -2.11. The number of benzene rings is 1. The van der Waals surface area contributed by atoms with Gasteiger partial charge in [-0.2, -0.15) is 0 Å². The molecule has 0 radical (unpaired) electrons. The van der Waals surface area contributed by atoms with Crippen LogP contribution in [0.5, 0.6) is 0 Å². The summed E-state index contributed by atoms with van der Waals surface area (Å²) < 4.78 is 0. The Labute approximate surface area is 158 Å². The van der Waals surface area contributed by atoms with E-state index in [1.807, 2.05) is 36.4 Å². The van der Waals surface area contributed by atoms with Gasteiger partial charge in [-0.05, 0) is 23.4 Å².